The van der Waals surface area contributed by atoms with Crippen molar-refractivity contribution in [3.8, 4) is 22.3 Å². The zero-order valence-electron chi connectivity index (χ0n) is 33.0. The fraction of sp³-hybridized carbons (Fsp3) is 0.400. The summed E-state index contributed by atoms with van der Waals surface area (Å²) in [6.07, 6.45) is 21.7. The van der Waals surface area contributed by atoms with Crippen LogP contribution in [-0.4, -0.2) is 51.8 Å². The first-order valence-electron chi connectivity index (χ1n) is 20.2. The number of unbranched alkanes of at least 4 members (excludes halogenated alkanes) is 13. The topological polar surface area (TPSA) is 135 Å². The van der Waals surface area contributed by atoms with Crippen LogP contribution < -0.4 is 4.72 Å². The number of hydrogen-bond acceptors (Lipinski definition) is 4. The highest BCUT2D eigenvalue weighted by atomic mass is 32.2. The maximum Gasteiger partial charge on any atom is 0.260 e. The van der Waals surface area contributed by atoms with Gasteiger partial charge in [-0.25, -0.2) is 16.9 Å². The predicted octanol–water partition coefficient (Wildman–Crippen LogP) is 11.8. The molecule has 0 radical (unpaired) electrons. The molecule has 0 aliphatic rings. The maximum atomic E-state index is 13.1. The second-order valence-electron chi connectivity index (χ2n) is 15.2. The first kappa shape index (κ1) is 41.3. The minimum absolute atomic E-state index is 0.151. The fourth-order valence-electron chi connectivity index (χ4n) is 8.11. The van der Waals surface area contributed by atoms with E-state index in [1.165, 1.54) is 95.5 Å². The largest absolute Gasteiger partial charge is 0.361 e. The number of aldehydes is 1. The quantitative estimate of drug-likeness (QED) is 0.0308. The third-order valence-corrected chi connectivity index (χ3v) is 13.3. The van der Waals surface area contributed by atoms with Gasteiger partial charge in [0.2, 0.25) is 10.0 Å². The second-order valence-corrected chi connectivity index (χ2v) is 18.0. The van der Waals surface area contributed by atoms with E-state index >= 15 is 0 Å². The van der Waals surface area contributed by atoms with Crippen molar-refractivity contribution in [2.45, 2.75) is 108 Å². The van der Waals surface area contributed by atoms with Gasteiger partial charge in [0.25, 0.3) is 11.3 Å². The summed E-state index contributed by atoms with van der Waals surface area (Å²) in [5.74, 6) is 0.377. The van der Waals surface area contributed by atoms with Crippen LogP contribution in [0.5, 0.6) is 0 Å². The summed E-state index contributed by atoms with van der Waals surface area (Å²) in [6, 6.07) is 20.8. The highest BCUT2D eigenvalue weighted by Gasteiger charge is 2.26. The van der Waals surface area contributed by atoms with Gasteiger partial charge in [-0.1, -0.05) is 139 Å². The van der Waals surface area contributed by atoms with Gasteiger partial charge in [-0.15, -0.1) is 0 Å². The van der Waals surface area contributed by atoms with Crippen LogP contribution in [0.1, 0.15) is 113 Å². The Labute approximate surface area is 334 Å². The molecule has 0 amide bonds. The first-order chi connectivity index (χ1) is 27.1. The van der Waals surface area contributed by atoms with E-state index in [0.717, 1.165) is 58.2 Å². The number of H-pyrrole nitrogens is 2. The Bertz CT molecular complexity index is 2410. The smallest absolute Gasteiger partial charge is 0.260 e. The Kier molecular flexibility index (Phi) is 14.2. The number of nitrogens with zero attached hydrogens (tertiary/aromatic N) is 1. The van der Waals surface area contributed by atoms with Crippen molar-refractivity contribution < 1.29 is 22.0 Å². The van der Waals surface area contributed by atoms with Crippen molar-refractivity contribution in [1.29, 1.82) is 0 Å². The molecule has 0 spiro atoms. The van der Waals surface area contributed by atoms with E-state index < -0.39 is 21.3 Å². The number of sulfonamides is 1. The summed E-state index contributed by atoms with van der Waals surface area (Å²) in [4.78, 5) is 20.0. The van der Waals surface area contributed by atoms with Crippen molar-refractivity contribution >= 4 is 66.0 Å². The third-order valence-electron chi connectivity index (χ3n) is 11.1. The lowest BCUT2D eigenvalue weighted by molar-refractivity contribution is 0.112. The van der Waals surface area contributed by atoms with Crippen molar-refractivity contribution in [3.05, 3.63) is 84.1 Å². The zero-order valence-corrected chi connectivity index (χ0v) is 34.6. The highest BCUT2D eigenvalue weighted by Crippen LogP contribution is 2.47. The van der Waals surface area contributed by atoms with Crippen molar-refractivity contribution in [3.63, 3.8) is 0 Å². The Morgan fingerprint density at radius 1 is 0.750 bits per heavy atom. The van der Waals surface area contributed by atoms with E-state index in [1.54, 1.807) is 24.4 Å². The number of aromatic amines is 2. The van der Waals surface area contributed by atoms with E-state index in [1.807, 2.05) is 42.5 Å². The number of carbonyl (C=O) groups is 1. The van der Waals surface area contributed by atoms with E-state index in [4.69, 9.17) is 0 Å². The molecule has 298 valence electrons. The zero-order chi connectivity index (χ0) is 39.7. The van der Waals surface area contributed by atoms with Gasteiger partial charge in [0, 0.05) is 58.8 Å². The lowest BCUT2D eigenvalue weighted by Gasteiger charge is -2.17. The summed E-state index contributed by atoms with van der Waals surface area (Å²) in [5.41, 5.74) is 5.79. The van der Waals surface area contributed by atoms with Gasteiger partial charge in [-0.05, 0) is 52.9 Å². The summed E-state index contributed by atoms with van der Waals surface area (Å²) < 4.78 is 52.4. The van der Waals surface area contributed by atoms with Gasteiger partial charge in [0.15, 0.2) is 6.29 Å². The molecule has 6 rings (SSSR count). The lowest BCUT2D eigenvalue weighted by Crippen LogP contribution is -2.22. The summed E-state index contributed by atoms with van der Waals surface area (Å²) in [5, 5.41) is 3.21. The molecule has 11 heteroatoms. The summed E-state index contributed by atoms with van der Waals surface area (Å²) >= 11 is -2.38. The molecule has 0 aliphatic heterocycles. The minimum atomic E-state index is -3.68. The van der Waals surface area contributed by atoms with Crippen molar-refractivity contribution in [1.82, 2.24) is 14.3 Å². The Morgan fingerprint density at radius 2 is 1.39 bits per heavy atom. The van der Waals surface area contributed by atoms with Crippen molar-refractivity contribution in [2.75, 3.05) is 18.8 Å². The van der Waals surface area contributed by atoms with E-state index in [0.29, 0.717) is 39.2 Å². The van der Waals surface area contributed by atoms with E-state index in [2.05, 4.69) is 27.7 Å². The van der Waals surface area contributed by atoms with Gasteiger partial charge in [0.1, 0.15) is 5.82 Å². The van der Waals surface area contributed by atoms with Crippen LogP contribution in [0.2, 0.25) is 0 Å². The molecule has 0 fully saturated rings. The molecule has 2 aromatic heterocycles. The number of fused-ring (bicyclic) bond motifs is 3. The number of rotatable bonds is 22. The molecular weight excluding hydrogens is 741 g/mol. The number of anilines is 1. The number of para-hydroxylation sites is 1. The van der Waals surface area contributed by atoms with Crippen LogP contribution in [0.4, 0.5) is 5.82 Å². The average molecular weight is 797 g/mol. The molecule has 1 unspecified atom stereocenters. The molecular formula is C45H56N4O5S2. The van der Waals surface area contributed by atoms with Crippen LogP contribution in [0, 0.1) is 0 Å². The number of hydrogen-bond donors (Lipinski definition) is 4. The molecule has 1 atom stereocenters. The molecule has 0 bridgehead atoms. The van der Waals surface area contributed by atoms with Gasteiger partial charge < -0.3 is 9.97 Å². The molecule has 9 nitrogen and oxygen atoms in total. The molecule has 0 saturated heterocycles. The van der Waals surface area contributed by atoms with Gasteiger partial charge in [-0.2, -0.15) is 0 Å². The van der Waals surface area contributed by atoms with E-state index in [9.17, 15) is 22.0 Å². The summed E-state index contributed by atoms with van der Waals surface area (Å²) in [6.45, 7) is 2.27. The maximum absolute atomic E-state index is 13.1. The number of nitrogens with one attached hydrogen (secondary N) is 3. The molecule has 0 aliphatic carbocycles. The third kappa shape index (κ3) is 9.28. The molecule has 4 aromatic carbocycles. The summed E-state index contributed by atoms with van der Waals surface area (Å²) in [7, 11) is -0.693. The van der Waals surface area contributed by atoms with Crippen LogP contribution >= 0.6 is 0 Å². The van der Waals surface area contributed by atoms with Crippen molar-refractivity contribution in [2.24, 2.45) is 0 Å². The molecule has 0 saturated carbocycles. The number of aryl methyl sites for hydroxylation is 1. The van der Waals surface area contributed by atoms with Gasteiger partial charge >= 0.3 is 0 Å². The molecule has 4 N–H and O–H groups in total. The van der Waals surface area contributed by atoms with Gasteiger partial charge in [-0.3, -0.25) is 14.1 Å². The monoisotopic (exact) mass is 796 g/mol. The Balaban J connectivity index is 1.30. The number of carbonyl (C=O) groups excluding carboxylic acids is 1. The fourth-order valence-corrected chi connectivity index (χ4v) is 9.37. The SMILES string of the molecule is CCCCCCCCCCCCCCCCc1cccc2c(-c3cc4ccccc4c(C=O)c3-c3c[nH]c4cc(S(=O)(=O)N(C)C)ccc34)c(NS(=O)O)[nH]c12. The first-order valence-corrected chi connectivity index (χ1v) is 22.8. The lowest BCUT2D eigenvalue weighted by atomic mass is 9.86. The molecule has 56 heavy (non-hydrogen) atoms. The normalized spacial score (nSPS) is 12.7. The van der Waals surface area contributed by atoms with Crippen LogP contribution in [0.15, 0.2) is 77.8 Å². The van der Waals surface area contributed by atoms with Crippen LogP contribution in [-0.2, 0) is 27.7 Å². The standard InChI is InChI=1S/C45H56N4O5S2/c1-4-5-6-7-8-9-10-11-12-13-14-15-16-17-21-32-23-20-25-37-43(45(47-44(32)37)48-55(51)52)38-28-33-22-18-19-24-35(33)40(31-50)42(38)39-30-46-41-29-34(26-27-36(39)41)56(53,54)49(2)3/h18-20,22-31,46-48H,4-17,21H2,1-3H3,(H,51,52). The highest BCUT2D eigenvalue weighted by molar-refractivity contribution is 7.89. The molecule has 2 heterocycles. The van der Waals surface area contributed by atoms with Gasteiger partial charge in [0.05, 0.1) is 10.4 Å². The van der Waals surface area contributed by atoms with E-state index in [-0.39, 0.29) is 4.90 Å². The average Bonchev–Trinajstić information content (AvgIpc) is 3.78. The second kappa shape index (κ2) is 19.2. The Hall–Kier alpha value is -4.29. The number of aromatic nitrogens is 2. The molecule has 6 aromatic rings. The Morgan fingerprint density at radius 3 is 2.04 bits per heavy atom. The van der Waals surface area contributed by atoms with Crippen LogP contribution in [0.3, 0.4) is 0 Å². The minimum Gasteiger partial charge on any atom is -0.361 e. The van der Waals surface area contributed by atoms with Crippen LogP contribution in [0.25, 0.3) is 54.8 Å². The predicted molar refractivity (Wildman–Crippen MR) is 233 cm³/mol. The number of benzene rings is 4.